The number of nitrogens with zero attached hydrogens (tertiary/aromatic N) is 2. The largest absolute Gasteiger partial charge is 0.361 e. The number of fused-ring (bicyclic) bond motifs is 1. The summed E-state index contributed by atoms with van der Waals surface area (Å²) in [6, 6.07) is 6.46. The summed E-state index contributed by atoms with van der Waals surface area (Å²) in [5.41, 5.74) is 3.87. The van der Waals surface area contributed by atoms with Crippen molar-refractivity contribution in [3.8, 4) is 0 Å². The van der Waals surface area contributed by atoms with E-state index >= 15 is 0 Å². The van der Waals surface area contributed by atoms with E-state index in [1.165, 1.54) is 22.0 Å². The number of likely N-dealkylation sites (N-methyl/N-ethyl adjacent to an activating group) is 1. The molecule has 7 heteroatoms. The number of para-hydroxylation sites is 1. The topological polar surface area (TPSA) is 72.5 Å². The third kappa shape index (κ3) is 6.71. The predicted molar refractivity (Wildman–Crippen MR) is 124 cm³/mol. The van der Waals surface area contributed by atoms with Gasteiger partial charge in [-0.3, -0.25) is 4.79 Å². The molecule has 150 valence electrons. The second-order valence-corrected chi connectivity index (χ2v) is 6.56. The maximum Gasteiger partial charge on any atom is 0.243 e. The number of aliphatic imine (C=N–C) groups is 1. The molecule has 0 unspecified atom stereocenters. The molecule has 0 saturated carbocycles. The maximum atomic E-state index is 11.7. The minimum atomic E-state index is -0.00804. The van der Waals surface area contributed by atoms with Gasteiger partial charge in [0.2, 0.25) is 5.91 Å². The molecule has 6 nitrogen and oxygen atoms in total. The first kappa shape index (κ1) is 23.3. The Bertz CT molecular complexity index is 754. The van der Waals surface area contributed by atoms with Gasteiger partial charge in [-0.05, 0) is 30.4 Å². The van der Waals surface area contributed by atoms with E-state index in [-0.39, 0.29) is 36.4 Å². The van der Waals surface area contributed by atoms with Gasteiger partial charge >= 0.3 is 0 Å². The highest BCUT2D eigenvalue weighted by Gasteiger charge is 2.07. The molecule has 1 aromatic heterocycles. The van der Waals surface area contributed by atoms with E-state index in [0.717, 1.165) is 32.4 Å². The van der Waals surface area contributed by atoms with Crippen LogP contribution in [-0.2, 0) is 17.6 Å². The Morgan fingerprint density at radius 1 is 1.15 bits per heavy atom. The number of aryl methyl sites for hydroxylation is 1. The van der Waals surface area contributed by atoms with Gasteiger partial charge in [-0.25, -0.2) is 4.99 Å². The molecule has 3 N–H and O–H groups in total. The summed E-state index contributed by atoms with van der Waals surface area (Å²) in [4.78, 5) is 21.1. The van der Waals surface area contributed by atoms with Crippen molar-refractivity contribution in [3.63, 3.8) is 0 Å². The van der Waals surface area contributed by atoms with Gasteiger partial charge in [0.25, 0.3) is 0 Å². The average Bonchev–Trinajstić information content (AvgIpc) is 3.06. The van der Waals surface area contributed by atoms with E-state index in [9.17, 15) is 4.79 Å². The second-order valence-electron chi connectivity index (χ2n) is 6.56. The number of hydrogen-bond donors (Lipinski definition) is 3. The molecule has 0 aliphatic carbocycles. The molecule has 0 spiro atoms. The standard InChI is InChI=1S/C20H31N5O.HI/c1-5-11-21-20(24-14-18(26)25(3)4)22-12-10-16-13-23-19-15(6-2)8-7-9-17(16)19;/h7-9,13,23H,5-6,10-12,14H2,1-4H3,(H2,21,22,24);1H. The summed E-state index contributed by atoms with van der Waals surface area (Å²) in [5, 5.41) is 7.88. The lowest BCUT2D eigenvalue weighted by Gasteiger charge is -2.13. The first-order valence-electron chi connectivity index (χ1n) is 9.37. The van der Waals surface area contributed by atoms with Crippen molar-refractivity contribution in [2.75, 3.05) is 33.7 Å². The Kier molecular flexibility index (Phi) is 10.2. The van der Waals surface area contributed by atoms with E-state index in [1.54, 1.807) is 19.0 Å². The van der Waals surface area contributed by atoms with Crippen LogP contribution in [0.5, 0.6) is 0 Å². The van der Waals surface area contributed by atoms with Gasteiger partial charge in [0, 0.05) is 44.3 Å². The smallest absolute Gasteiger partial charge is 0.243 e. The number of H-pyrrole nitrogens is 1. The number of rotatable bonds is 8. The summed E-state index contributed by atoms with van der Waals surface area (Å²) in [6.45, 7) is 6.02. The van der Waals surface area contributed by atoms with Crippen molar-refractivity contribution in [3.05, 3.63) is 35.5 Å². The molecule has 2 aromatic rings. The third-order valence-corrected chi connectivity index (χ3v) is 4.37. The minimum absolute atomic E-state index is 0. The van der Waals surface area contributed by atoms with E-state index < -0.39 is 0 Å². The SMILES string of the molecule is CCCNC(=NCC(=O)N(C)C)NCCc1c[nH]c2c(CC)cccc12.I. The lowest BCUT2D eigenvalue weighted by molar-refractivity contribution is -0.127. The van der Waals surface area contributed by atoms with Gasteiger partial charge in [0.05, 0.1) is 0 Å². The van der Waals surface area contributed by atoms with Crippen LogP contribution in [0.2, 0.25) is 0 Å². The highest BCUT2D eigenvalue weighted by atomic mass is 127. The Labute approximate surface area is 179 Å². The average molecular weight is 485 g/mol. The Balaban J connectivity index is 0.00000364. The van der Waals surface area contributed by atoms with Gasteiger partial charge < -0.3 is 20.5 Å². The molecule has 1 aromatic carbocycles. The van der Waals surface area contributed by atoms with Crippen LogP contribution in [0.25, 0.3) is 10.9 Å². The van der Waals surface area contributed by atoms with E-state index in [4.69, 9.17) is 0 Å². The molecule has 2 rings (SSSR count). The van der Waals surface area contributed by atoms with Crippen molar-refractivity contribution < 1.29 is 4.79 Å². The van der Waals surface area contributed by atoms with Crippen LogP contribution < -0.4 is 10.6 Å². The van der Waals surface area contributed by atoms with Crippen LogP contribution in [0.3, 0.4) is 0 Å². The Morgan fingerprint density at radius 3 is 2.56 bits per heavy atom. The van der Waals surface area contributed by atoms with E-state index in [1.807, 2.05) is 0 Å². The lowest BCUT2D eigenvalue weighted by Crippen LogP contribution is -2.39. The molecule has 0 saturated heterocycles. The molecule has 27 heavy (non-hydrogen) atoms. The zero-order valence-electron chi connectivity index (χ0n) is 16.8. The number of halogens is 1. The number of nitrogens with one attached hydrogen (secondary N) is 3. The molecule has 0 atom stereocenters. The molecule has 0 aliphatic rings. The molecular weight excluding hydrogens is 453 g/mol. The molecule has 0 bridgehead atoms. The van der Waals surface area contributed by atoms with Gasteiger partial charge in [-0.2, -0.15) is 0 Å². The molecular formula is C20H32IN5O. The normalized spacial score (nSPS) is 11.2. The van der Waals surface area contributed by atoms with E-state index in [0.29, 0.717) is 5.96 Å². The number of amides is 1. The van der Waals surface area contributed by atoms with Crippen LogP contribution >= 0.6 is 24.0 Å². The van der Waals surface area contributed by atoms with Crippen LogP contribution in [0, 0.1) is 0 Å². The molecule has 0 aliphatic heterocycles. The number of carbonyl (C=O) groups excluding carboxylic acids is 1. The number of benzene rings is 1. The zero-order valence-corrected chi connectivity index (χ0v) is 19.1. The van der Waals surface area contributed by atoms with Crippen molar-refractivity contribution in [1.29, 1.82) is 0 Å². The van der Waals surface area contributed by atoms with Crippen LogP contribution in [-0.4, -0.2) is 55.5 Å². The molecule has 1 amide bonds. The summed E-state index contributed by atoms with van der Waals surface area (Å²) >= 11 is 0. The fraction of sp³-hybridized carbons (Fsp3) is 0.500. The second kappa shape index (κ2) is 11.8. The predicted octanol–water partition coefficient (Wildman–Crippen LogP) is 2.92. The summed E-state index contributed by atoms with van der Waals surface area (Å²) in [6.07, 6.45) is 5.01. The van der Waals surface area contributed by atoms with Crippen molar-refractivity contribution in [2.45, 2.75) is 33.1 Å². The Hall–Kier alpha value is -1.77. The quantitative estimate of drug-likeness (QED) is 0.306. The van der Waals surface area contributed by atoms with Crippen molar-refractivity contribution in [2.24, 2.45) is 4.99 Å². The van der Waals surface area contributed by atoms with Crippen LogP contribution in [0.1, 0.15) is 31.4 Å². The van der Waals surface area contributed by atoms with Crippen LogP contribution in [0.15, 0.2) is 29.4 Å². The zero-order chi connectivity index (χ0) is 18.9. The fourth-order valence-corrected chi connectivity index (χ4v) is 2.80. The Morgan fingerprint density at radius 2 is 1.89 bits per heavy atom. The number of aromatic amines is 1. The number of guanidine groups is 1. The minimum Gasteiger partial charge on any atom is -0.361 e. The van der Waals surface area contributed by atoms with Crippen LogP contribution in [0.4, 0.5) is 0 Å². The molecule has 1 heterocycles. The van der Waals surface area contributed by atoms with Crippen molar-refractivity contribution >= 4 is 46.7 Å². The van der Waals surface area contributed by atoms with Crippen molar-refractivity contribution in [1.82, 2.24) is 20.5 Å². The van der Waals surface area contributed by atoms with Gasteiger partial charge in [0.1, 0.15) is 6.54 Å². The fourth-order valence-electron chi connectivity index (χ4n) is 2.80. The number of aromatic nitrogens is 1. The lowest BCUT2D eigenvalue weighted by atomic mass is 10.1. The third-order valence-electron chi connectivity index (χ3n) is 4.37. The van der Waals surface area contributed by atoms with Gasteiger partial charge in [0.15, 0.2) is 5.96 Å². The summed E-state index contributed by atoms with van der Waals surface area (Å²) in [5.74, 6) is 0.683. The van der Waals surface area contributed by atoms with E-state index in [2.05, 4.69) is 58.9 Å². The first-order chi connectivity index (χ1) is 12.6. The summed E-state index contributed by atoms with van der Waals surface area (Å²) in [7, 11) is 3.48. The molecule has 0 fully saturated rings. The number of hydrogen-bond acceptors (Lipinski definition) is 2. The molecule has 0 radical (unpaired) electrons. The highest BCUT2D eigenvalue weighted by Crippen LogP contribution is 2.22. The monoisotopic (exact) mass is 485 g/mol. The summed E-state index contributed by atoms with van der Waals surface area (Å²) < 4.78 is 0. The number of carbonyl (C=O) groups is 1. The van der Waals surface area contributed by atoms with Gasteiger partial charge in [-0.1, -0.05) is 32.0 Å². The van der Waals surface area contributed by atoms with Gasteiger partial charge in [-0.15, -0.1) is 24.0 Å². The highest BCUT2D eigenvalue weighted by molar-refractivity contribution is 14.0. The maximum absolute atomic E-state index is 11.7. The first-order valence-corrected chi connectivity index (χ1v) is 9.37.